The molecule has 1 N–H and O–H groups in total. The van der Waals surface area contributed by atoms with Gasteiger partial charge in [0.15, 0.2) is 0 Å². The number of ether oxygens (including phenoxy) is 1. The van der Waals surface area contributed by atoms with Crippen LogP contribution in [-0.2, 0) is 7.05 Å². The first-order valence-corrected chi connectivity index (χ1v) is 4.74. The second-order valence-corrected chi connectivity index (χ2v) is 3.82. The van der Waals surface area contributed by atoms with Gasteiger partial charge < -0.3 is 9.84 Å². The zero-order valence-corrected chi connectivity index (χ0v) is 9.40. The molecule has 0 amide bonds. The van der Waals surface area contributed by atoms with E-state index in [1.54, 1.807) is 11.8 Å². The van der Waals surface area contributed by atoms with Crippen LogP contribution in [0.2, 0.25) is 0 Å². The maximum absolute atomic E-state index is 9.97. The standard InChI is InChI=1S/C10H18N2O2/c1-6(2)9(13)8-7(3)11-12(4)10(8)14-5/h6,9,13H,1-5H3. The van der Waals surface area contributed by atoms with E-state index < -0.39 is 6.10 Å². The monoisotopic (exact) mass is 198 g/mol. The van der Waals surface area contributed by atoms with Crippen molar-refractivity contribution in [1.82, 2.24) is 9.78 Å². The lowest BCUT2D eigenvalue weighted by atomic mass is 9.99. The molecule has 0 radical (unpaired) electrons. The molecule has 1 rings (SSSR count). The average Bonchev–Trinajstić information content (AvgIpc) is 2.38. The summed E-state index contributed by atoms with van der Waals surface area (Å²) in [4.78, 5) is 0. The smallest absolute Gasteiger partial charge is 0.217 e. The fourth-order valence-corrected chi connectivity index (χ4v) is 1.57. The van der Waals surface area contributed by atoms with Crippen molar-refractivity contribution in [2.24, 2.45) is 13.0 Å². The van der Waals surface area contributed by atoms with Crippen molar-refractivity contribution in [3.63, 3.8) is 0 Å². The molecule has 0 fully saturated rings. The quantitative estimate of drug-likeness (QED) is 0.799. The molecule has 1 atom stereocenters. The summed E-state index contributed by atoms with van der Waals surface area (Å²) in [6.45, 7) is 5.82. The summed E-state index contributed by atoms with van der Waals surface area (Å²) in [5, 5.41) is 14.2. The first-order valence-electron chi connectivity index (χ1n) is 4.74. The zero-order chi connectivity index (χ0) is 10.9. The molecule has 0 spiro atoms. The third-order valence-electron chi connectivity index (χ3n) is 2.33. The molecule has 0 aliphatic carbocycles. The minimum atomic E-state index is -0.515. The van der Waals surface area contributed by atoms with Gasteiger partial charge in [-0.25, -0.2) is 4.68 Å². The van der Waals surface area contributed by atoms with Crippen LogP contribution in [0.1, 0.15) is 31.2 Å². The van der Waals surface area contributed by atoms with Crippen molar-refractivity contribution in [1.29, 1.82) is 0 Å². The van der Waals surface area contributed by atoms with Crippen LogP contribution in [0.4, 0.5) is 0 Å². The second-order valence-electron chi connectivity index (χ2n) is 3.82. The van der Waals surface area contributed by atoms with E-state index >= 15 is 0 Å². The van der Waals surface area contributed by atoms with Gasteiger partial charge in [-0.05, 0) is 12.8 Å². The van der Waals surface area contributed by atoms with Gasteiger partial charge in [-0.15, -0.1) is 0 Å². The Kier molecular flexibility index (Phi) is 3.16. The third kappa shape index (κ3) is 1.75. The van der Waals surface area contributed by atoms with E-state index in [9.17, 15) is 5.11 Å². The number of methoxy groups -OCH3 is 1. The summed E-state index contributed by atoms with van der Waals surface area (Å²) in [5.74, 6) is 0.801. The maximum atomic E-state index is 9.97. The third-order valence-corrected chi connectivity index (χ3v) is 2.33. The lowest BCUT2D eigenvalue weighted by molar-refractivity contribution is 0.122. The lowest BCUT2D eigenvalue weighted by Gasteiger charge is -2.15. The highest BCUT2D eigenvalue weighted by Crippen LogP contribution is 2.31. The fraction of sp³-hybridized carbons (Fsp3) is 0.700. The normalized spacial score (nSPS) is 13.4. The van der Waals surface area contributed by atoms with E-state index in [0.717, 1.165) is 11.3 Å². The van der Waals surface area contributed by atoms with Crippen LogP contribution < -0.4 is 4.74 Å². The Bertz CT molecular complexity index is 318. The highest BCUT2D eigenvalue weighted by Gasteiger charge is 2.23. The Labute approximate surface area is 84.5 Å². The molecule has 1 unspecified atom stereocenters. The van der Waals surface area contributed by atoms with Gasteiger partial charge in [0.25, 0.3) is 0 Å². The van der Waals surface area contributed by atoms with Crippen molar-refractivity contribution < 1.29 is 9.84 Å². The van der Waals surface area contributed by atoms with Crippen LogP contribution in [0.5, 0.6) is 5.88 Å². The van der Waals surface area contributed by atoms with E-state index in [1.807, 2.05) is 27.8 Å². The van der Waals surface area contributed by atoms with Crippen molar-refractivity contribution in [2.45, 2.75) is 26.9 Å². The van der Waals surface area contributed by atoms with Gasteiger partial charge in [0.1, 0.15) is 0 Å². The van der Waals surface area contributed by atoms with Gasteiger partial charge in [0.2, 0.25) is 5.88 Å². The van der Waals surface area contributed by atoms with Crippen molar-refractivity contribution in [3.05, 3.63) is 11.3 Å². The average molecular weight is 198 g/mol. The minimum Gasteiger partial charge on any atom is -0.481 e. The number of rotatable bonds is 3. The molecule has 4 nitrogen and oxygen atoms in total. The molecule has 14 heavy (non-hydrogen) atoms. The fourth-order valence-electron chi connectivity index (χ4n) is 1.57. The molecule has 0 aliphatic rings. The highest BCUT2D eigenvalue weighted by atomic mass is 16.5. The molecule has 0 saturated heterocycles. The van der Waals surface area contributed by atoms with E-state index in [4.69, 9.17) is 4.74 Å². The maximum Gasteiger partial charge on any atom is 0.217 e. The molecule has 0 saturated carbocycles. The van der Waals surface area contributed by atoms with E-state index in [2.05, 4.69) is 5.10 Å². The SMILES string of the molecule is COc1c(C(O)C(C)C)c(C)nn1C. The Balaban J connectivity index is 3.17. The molecule has 1 aromatic heterocycles. The van der Waals surface area contributed by atoms with Crippen LogP contribution in [0.15, 0.2) is 0 Å². The predicted octanol–water partition coefficient (Wildman–Crippen LogP) is 1.43. The molecule has 0 aromatic carbocycles. The van der Waals surface area contributed by atoms with Gasteiger partial charge in [-0.2, -0.15) is 5.10 Å². The summed E-state index contributed by atoms with van der Waals surface area (Å²) in [7, 11) is 3.40. The first kappa shape index (κ1) is 11.0. The highest BCUT2D eigenvalue weighted by molar-refractivity contribution is 5.33. The Morgan fingerprint density at radius 1 is 1.43 bits per heavy atom. The van der Waals surface area contributed by atoms with E-state index in [1.165, 1.54) is 0 Å². The van der Waals surface area contributed by atoms with Crippen LogP contribution in [0.3, 0.4) is 0 Å². The van der Waals surface area contributed by atoms with Crippen LogP contribution in [0.25, 0.3) is 0 Å². The van der Waals surface area contributed by atoms with Gasteiger partial charge >= 0.3 is 0 Å². The number of aliphatic hydroxyl groups excluding tert-OH is 1. The number of aliphatic hydroxyl groups is 1. The Morgan fingerprint density at radius 3 is 2.43 bits per heavy atom. The van der Waals surface area contributed by atoms with E-state index in [-0.39, 0.29) is 5.92 Å². The summed E-state index contributed by atoms with van der Waals surface area (Å²) in [5.41, 5.74) is 1.62. The summed E-state index contributed by atoms with van der Waals surface area (Å²) < 4.78 is 6.86. The number of hydrogen-bond donors (Lipinski definition) is 1. The van der Waals surface area contributed by atoms with Gasteiger partial charge in [-0.3, -0.25) is 0 Å². The van der Waals surface area contributed by atoms with Crippen molar-refractivity contribution in [3.8, 4) is 5.88 Å². The largest absolute Gasteiger partial charge is 0.481 e. The zero-order valence-electron chi connectivity index (χ0n) is 9.40. The Hall–Kier alpha value is -1.03. The van der Waals surface area contributed by atoms with Crippen LogP contribution >= 0.6 is 0 Å². The van der Waals surface area contributed by atoms with Crippen LogP contribution in [0, 0.1) is 12.8 Å². The molecular formula is C10H18N2O2. The van der Waals surface area contributed by atoms with E-state index in [0.29, 0.717) is 5.88 Å². The van der Waals surface area contributed by atoms with Gasteiger partial charge in [0.05, 0.1) is 24.5 Å². The molecule has 80 valence electrons. The number of aryl methyl sites for hydroxylation is 2. The molecule has 0 aliphatic heterocycles. The molecule has 4 heteroatoms. The van der Waals surface area contributed by atoms with Gasteiger partial charge in [-0.1, -0.05) is 13.8 Å². The predicted molar refractivity (Wildman–Crippen MR) is 54.3 cm³/mol. The van der Waals surface area contributed by atoms with Crippen molar-refractivity contribution in [2.75, 3.05) is 7.11 Å². The summed E-state index contributed by atoms with van der Waals surface area (Å²) >= 11 is 0. The van der Waals surface area contributed by atoms with Crippen molar-refractivity contribution >= 4 is 0 Å². The summed E-state index contributed by atoms with van der Waals surface area (Å²) in [6, 6.07) is 0. The molecule has 0 bridgehead atoms. The molecule has 1 heterocycles. The molecular weight excluding hydrogens is 180 g/mol. The lowest BCUT2D eigenvalue weighted by Crippen LogP contribution is -2.08. The number of aromatic nitrogens is 2. The topological polar surface area (TPSA) is 47.3 Å². The second kappa shape index (κ2) is 4.00. The first-order chi connectivity index (χ1) is 6.49. The minimum absolute atomic E-state index is 0.159. The molecule has 1 aromatic rings. The number of hydrogen-bond acceptors (Lipinski definition) is 3. The van der Waals surface area contributed by atoms with Gasteiger partial charge in [0, 0.05) is 7.05 Å². The van der Waals surface area contributed by atoms with Crippen LogP contribution in [-0.4, -0.2) is 22.0 Å². The summed E-state index contributed by atoms with van der Waals surface area (Å²) in [6.07, 6.45) is -0.515. The Morgan fingerprint density at radius 2 is 2.00 bits per heavy atom. The number of nitrogens with zero attached hydrogens (tertiary/aromatic N) is 2.